The highest BCUT2D eigenvalue weighted by Gasteiger charge is 2.30. The fourth-order valence-corrected chi connectivity index (χ4v) is 3.87. The summed E-state index contributed by atoms with van der Waals surface area (Å²) in [5, 5.41) is 3.65. The number of rotatable bonds is 2. The summed E-state index contributed by atoms with van der Waals surface area (Å²) in [5.74, 6) is 0.954. The molecule has 0 radical (unpaired) electrons. The topological polar surface area (TPSA) is 29.9 Å². The number of hydrogen-bond acceptors (Lipinski definition) is 2. The van der Waals surface area contributed by atoms with Gasteiger partial charge in [0.2, 0.25) is 5.95 Å². The molecule has 0 aliphatic carbocycles. The lowest BCUT2D eigenvalue weighted by Gasteiger charge is -2.33. The first-order valence-electron chi connectivity index (χ1n) is 8.73. The molecule has 2 atom stereocenters. The first-order valence-corrected chi connectivity index (χ1v) is 8.73. The number of fused-ring (bicyclic) bond motifs is 3. The van der Waals surface area contributed by atoms with Crippen LogP contribution < -0.4 is 5.32 Å². The summed E-state index contributed by atoms with van der Waals surface area (Å²) in [5.41, 5.74) is 4.86. The number of nitrogens with one attached hydrogen (secondary N) is 1. The zero-order valence-corrected chi connectivity index (χ0v) is 13.8. The van der Waals surface area contributed by atoms with Crippen molar-refractivity contribution in [1.82, 2.24) is 9.55 Å². The van der Waals surface area contributed by atoms with Crippen LogP contribution in [0.2, 0.25) is 0 Å². The quantitative estimate of drug-likeness (QED) is 0.550. The smallest absolute Gasteiger partial charge is 0.204 e. The van der Waals surface area contributed by atoms with Crippen molar-refractivity contribution in [2.24, 2.45) is 0 Å². The van der Waals surface area contributed by atoms with E-state index in [0.29, 0.717) is 0 Å². The molecule has 0 spiro atoms. The van der Waals surface area contributed by atoms with Crippen LogP contribution in [0.3, 0.4) is 0 Å². The Bertz CT molecular complexity index is 1010. The fraction of sp³-hybridized carbons (Fsp3) is 0.136. The lowest BCUT2D eigenvalue weighted by Crippen LogP contribution is -2.27. The van der Waals surface area contributed by atoms with Crippen LogP contribution in [0.1, 0.15) is 29.6 Å². The van der Waals surface area contributed by atoms with Gasteiger partial charge in [-0.25, -0.2) is 4.98 Å². The Kier molecular flexibility index (Phi) is 3.30. The zero-order chi connectivity index (χ0) is 16.6. The lowest BCUT2D eigenvalue weighted by atomic mass is 9.93. The molecule has 0 unspecified atom stereocenters. The molecule has 0 saturated carbocycles. The third-order valence-corrected chi connectivity index (χ3v) is 5.06. The molecule has 122 valence electrons. The molecule has 2 heterocycles. The summed E-state index contributed by atoms with van der Waals surface area (Å²) in [6.07, 6.45) is 1.00. The van der Waals surface area contributed by atoms with E-state index in [9.17, 15) is 0 Å². The number of aromatic nitrogens is 2. The van der Waals surface area contributed by atoms with Gasteiger partial charge in [0.15, 0.2) is 0 Å². The second-order valence-corrected chi connectivity index (χ2v) is 6.56. The van der Waals surface area contributed by atoms with Gasteiger partial charge in [-0.3, -0.25) is 0 Å². The maximum atomic E-state index is 4.86. The normalized spacial score (nSPS) is 19.4. The minimum absolute atomic E-state index is 0.260. The molecular weight excluding hydrogens is 306 g/mol. The summed E-state index contributed by atoms with van der Waals surface area (Å²) < 4.78 is 2.35. The molecule has 3 heteroatoms. The highest BCUT2D eigenvalue weighted by atomic mass is 15.3. The van der Waals surface area contributed by atoms with Gasteiger partial charge in [-0.05, 0) is 29.7 Å². The number of nitrogens with zero attached hydrogens (tertiary/aromatic N) is 2. The van der Waals surface area contributed by atoms with Gasteiger partial charge in [0.1, 0.15) is 0 Å². The average molecular weight is 325 g/mol. The molecule has 0 fully saturated rings. The largest absolute Gasteiger partial charge is 0.349 e. The molecule has 0 bridgehead atoms. The lowest BCUT2D eigenvalue weighted by molar-refractivity contribution is 0.477. The van der Waals surface area contributed by atoms with E-state index in [4.69, 9.17) is 4.98 Å². The Balaban J connectivity index is 1.68. The molecule has 1 N–H and O–H groups in total. The first-order chi connectivity index (χ1) is 12.4. The second-order valence-electron chi connectivity index (χ2n) is 6.56. The van der Waals surface area contributed by atoms with Gasteiger partial charge in [-0.15, -0.1) is 0 Å². The van der Waals surface area contributed by atoms with E-state index in [1.165, 1.54) is 16.6 Å². The molecule has 3 nitrogen and oxygen atoms in total. The van der Waals surface area contributed by atoms with Crippen LogP contribution in [0.15, 0.2) is 84.9 Å². The van der Waals surface area contributed by atoms with E-state index in [1.54, 1.807) is 0 Å². The molecule has 1 aliphatic rings. The maximum Gasteiger partial charge on any atom is 0.204 e. The highest BCUT2D eigenvalue weighted by molar-refractivity contribution is 5.79. The first kappa shape index (κ1) is 14.3. The van der Waals surface area contributed by atoms with Gasteiger partial charge >= 0.3 is 0 Å². The van der Waals surface area contributed by atoms with Gasteiger partial charge in [-0.1, -0.05) is 72.8 Å². The van der Waals surface area contributed by atoms with Crippen molar-refractivity contribution in [2.45, 2.75) is 18.5 Å². The van der Waals surface area contributed by atoms with Crippen LogP contribution in [0.4, 0.5) is 5.95 Å². The predicted octanol–water partition coefficient (Wildman–Crippen LogP) is 5.18. The Morgan fingerprint density at radius 3 is 2.16 bits per heavy atom. The molecule has 25 heavy (non-hydrogen) atoms. The van der Waals surface area contributed by atoms with Crippen molar-refractivity contribution in [3.05, 3.63) is 96.1 Å². The SMILES string of the molecule is c1ccc([C@H]2C[C@@H](c3ccccc3)n3c(nc4ccccc43)N2)cc1. The summed E-state index contributed by atoms with van der Waals surface area (Å²) in [6, 6.07) is 30.3. The van der Waals surface area contributed by atoms with Crippen molar-refractivity contribution in [1.29, 1.82) is 0 Å². The Hall–Kier alpha value is -3.07. The Morgan fingerprint density at radius 2 is 1.40 bits per heavy atom. The van der Waals surface area contributed by atoms with Crippen molar-refractivity contribution in [3.8, 4) is 0 Å². The van der Waals surface area contributed by atoms with Crippen molar-refractivity contribution < 1.29 is 0 Å². The third kappa shape index (κ3) is 2.40. The monoisotopic (exact) mass is 325 g/mol. The maximum absolute atomic E-state index is 4.86. The van der Waals surface area contributed by atoms with Gasteiger partial charge in [0.05, 0.1) is 23.1 Å². The minimum Gasteiger partial charge on any atom is -0.349 e. The van der Waals surface area contributed by atoms with E-state index >= 15 is 0 Å². The Labute approximate surface area is 147 Å². The van der Waals surface area contributed by atoms with E-state index in [1.807, 2.05) is 6.07 Å². The van der Waals surface area contributed by atoms with E-state index in [0.717, 1.165) is 17.9 Å². The number of benzene rings is 3. The van der Waals surface area contributed by atoms with Crippen molar-refractivity contribution in [2.75, 3.05) is 5.32 Å². The summed E-state index contributed by atoms with van der Waals surface area (Å²) >= 11 is 0. The van der Waals surface area contributed by atoms with Crippen molar-refractivity contribution >= 4 is 17.0 Å². The van der Waals surface area contributed by atoms with E-state index in [2.05, 4.69) is 88.7 Å². The number of hydrogen-bond donors (Lipinski definition) is 1. The predicted molar refractivity (Wildman–Crippen MR) is 102 cm³/mol. The summed E-state index contributed by atoms with van der Waals surface area (Å²) in [7, 11) is 0. The van der Waals surface area contributed by atoms with Crippen LogP contribution in [0.25, 0.3) is 11.0 Å². The van der Waals surface area contributed by atoms with Crippen LogP contribution in [0, 0.1) is 0 Å². The number of para-hydroxylation sites is 2. The fourth-order valence-electron chi connectivity index (χ4n) is 3.87. The van der Waals surface area contributed by atoms with Crippen LogP contribution in [0.5, 0.6) is 0 Å². The molecule has 5 rings (SSSR count). The van der Waals surface area contributed by atoms with Gasteiger partial charge in [0.25, 0.3) is 0 Å². The van der Waals surface area contributed by atoms with E-state index < -0.39 is 0 Å². The molecule has 1 aliphatic heterocycles. The molecule has 0 amide bonds. The van der Waals surface area contributed by atoms with Crippen LogP contribution >= 0.6 is 0 Å². The number of anilines is 1. The van der Waals surface area contributed by atoms with Gasteiger partial charge in [0, 0.05) is 0 Å². The molecular formula is C22H19N3. The summed E-state index contributed by atoms with van der Waals surface area (Å²) in [4.78, 5) is 4.86. The average Bonchev–Trinajstić information content (AvgIpc) is 3.07. The minimum atomic E-state index is 0.260. The van der Waals surface area contributed by atoms with E-state index in [-0.39, 0.29) is 12.1 Å². The van der Waals surface area contributed by atoms with Gasteiger partial charge in [-0.2, -0.15) is 0 Å². The van der Waals surface area contributed by atoms with Crippen molar-refractivity contribution in [3.63, 3.8) is 0 Å². The van der Waals surface area contributed by atoms with Crippen LogP contribution in [-0.2, 0) is 0 Å². The molecule has 3 aromatic carbocycles. The molecule has 4 aromatic rings. The second kappa shape index (κ2) is 5.78. The van der Waals surface area contributed by atoms with Gasteiger partial charge < -0.3 is 9.88 Å². The van der Waals surface area contributed by atoms with Crippen LogP contribution in [-0.4, -0.2) is 9.55 Å². The Morgan fingerprint density at radius 1 is 0.760 bits per heavy atom. The standard InChI is InChI=1S/C22H19N3/c1-3-9-16(10-4-1)19-15-21(17-11-5-2-6-12-17)25-20-14-8-7-13-18(20)23-22(25)24-19/h1-14,19,21H,15H2,(H,23,24)/t19-,21+/m1/s1. The molecule has 0 saturated heterocycles. The number of imidazole rings is 1. The third-order valence-electron chi connectivity index (χ3n) is 5.06. The highest BCUT2D eigenvalue weighted by Crippen LogP contribution is 2.40. The zero-order valence-electron chi connectivity index (χ0n) is 13.8. The summed E-state index contributed by atoms with van der Waals surface area (Å²) in [6.45, 7) is 0. The molecule has 1 aromatic heterocycles.